The van der Waals surface area contributed by atoms with Crippen LogP contribution in [0.15, 0.2) is 24.3 Å². The van der Waals surface area contributed by atoms with Crippen molar-refractivity contribution in [2.45, 2.75) is 25.9 Å². The van der Waals surface area contributed by atoms with E-state index >= 15 is 0 Å². The average molecular weight is 342 g/mol. The predicted octanol–water partition coefficient (Wildman–Crippen LogP) is 2.03. The molecule has 0 bridgehead atoms. The van der Waals surface area contributed by atoms with Crippen LogP contribution < -0.4 is 26.0 Å². The number of rotatable bonds is 7. The zero-order chi connectivity index (χ0) is 17.6. The van der Waals surface area contributed by atoms with E-state index in [1.807, 2.05) is 32.2 Å². The minimum Gasteiger partial charge on any atom is -0.496 e. The van der Waals surface area contributed by atoms with Crippen LogP contribution in [0.25, 0.3) is 0 Å². The highest BCUT2D eigenvalue weighted by molar-refractivity contribution is 5.58. The summed E-state index contributed by atoms with van der Waals surface area (Å²) in [6.45, 7) is 4.81. The molecule has 1 saturated heterocycles. The van der Waals surface area contributed by atoms with Crippen LogP contribution in [0.5, 0.6) is 5.75 Å². The minimum absolute atomic E-state index is 0.514. The van der Waals surface area contributed by atoms with Crippen molar-refractivity contribution in [2.24, 2.45) is 0 Å². The number of aromatic nitrogens is 2. The third-order valence-electron chi connectivity index (χ3n) is 4.29. The number of methoxy groups -OCH3 is 1. The molecule has 1 aromatic heterocycles. The molecular formula is C18H26N6O. The summed E-state index contributed by atoms with van der Waals surface area (Å²) in [7, 11) is 3.55. The van der Waals surface area contributed by atoms with Crippen LogP contribution in [0, 0.1) is 6.92 Å². The quantitative estimate of drug-likeness (QED) is 0.613. The molecule has 1 aliphatic heterocycles. The Morgan fingerprint density at radius 3 is 2.88 bits per heavy atom. The van der Waals surface area contributed by atoms with E-state index in [0.29, 0.717) is 12.0 Å². The van der Waals surface area contributed by atoms with Crippen LogP contribution in [0.2, 0.25) is 0 Å². The maximum absolute atomic E-state index is 5.50. The molecule has 25 heavy (non-hydrogen) atoms. The molecule has 7 nitrogen and oxygen atoms in total. The summed E-state index contributed by atoms with van der Waals surface area (Å²) in [5.74, 6) is 2.25. The molecule has 0 saturated carbocycles. The molecule has 2 aromatic rings. The first-order chi connectivity index (χ1) is 12.2. The molecule has 0 unspecified atom stereocenters. The van der Waals surface area contributed by atoms with Gasteiger partial charge >= 0.3 is 0 Å². The second-order valence-corrected chi connectivity index (χ2v) is 6.19. The fourth-order valence-electron chi connectivity index (χ4n) is 2.96. The summed E-state index contributed by atoms with van der Waals surface area (Å²) in [5.41, 5.74) is 2.96. The van der Waals surface area contributed by atoms with Crippen LogP contribution in [0.4, 0.5) is 17.5 Å². The van der Waals surface area contributed by atoms with Crippen molar-refractivity contribution in [1.29, 1.82) is 0 Å². The van der Waals surface area contributed by atoms with E-state index in [9.17, 15) is 0 Å². The Kier molecular flexibility index (Phi) is 5.67. The monoisotopic (exact) mass is 342 g/mol. The molecule has 3 rings (SSSR count). The molecule has 134 valence electrons. The number of nitrogens with zero attached hydrogens (tertiary/aromatic N) is 2. The molecule has 0 aliphatic carbocycles. The van der Waals surface area contributed by atoms with Crippen LogP contribution in [-0.2, 0) is 6.54 Å². The van der Waals surface area contributed by atoms with Gasteiger partial charge in [0.15, 0.2) is 0 Å². The van der Waals surface area contributed by atoms with E-state index in [2.05, 4.69) is 37.3 Å². The second-order valence-electron chi connectivity index (χ2n) is 6.19. The molecule has 0 spiro atoms. The number of hydrogen-bond acceptors (Lipinski definition) is 7. The van der Waals surface area contributed by atoms with E-state index in [1.54, 1.807) is 7.11 Å². The zero-order valence-electron chi connectivity index (χ0n) is 15.0. The number of aryl methyl sites for hydroxylation is 1. The van der Waals surface area contributed by atoms with Gasteiger partial charge in [-0.3, -0.25) is 0 Å². The fraction of sp³-hybridized carbons (Fsp3) is 0.444. The minimum atomic E-state index is 0.514. The third-order valence-corrected chi connectivity index (χ3v) is 4.29. The topological polar surface area (TPSA) is 83.1 Å². The lowest BCUT2D eigenvalue weighted by molar-refractivity contribution is 0.405. The summed E-state index contributed by atoms with van der Waals surface area (Å²) in [4.78, 5) is 8.88. The molecule has 0 amide bonds. The third kappa shape index (κ3) is 4.58. The first-order valence-corrected chi connectivity index (χ1v) is 8.59. The van der Waals surface area contributed by atoms with Crippen LogP contribution >= 0.6 is 0 Å². The average Bonchev–Trinajstić information content (AvgIpc) is 3.13. The summed E-state index contributed by atoms with van der Waals surface area (Å²) < 4.78 is 5.50. The normalized spacial score (nSPS) is 16.7. The van der Waals surface area contributed by atoms with Crippen molar-refractivity contribution in [3.63, 3.8) is 0 Å². The zero-order valence-corrected chi connectivity index (χ0v) is 15.0. The van der Waals surface area contributed by atoms with Crippen molar-refractivity contribution in [3.05, 3.63) is 35.5 Å². The SMILES string of the molecule is CNc1cc(C)nc(Nc2ccc(OC)c(CN[C@H]3CCNC3)c2)n1. The Morgan fingerprint density at radius 1 is 1.28 bits per heavy atom. The van der Waals surface area contributed by atoms with Gasteiger partial charge in [-0.15, -0.1) is 0 Å². The molecule has 1 aromatic carbocycles. The molecule has 7 heteroatoms. The standard InChI is InChI=1S/C18H26N6O/c1-12-8-17(19-2)24-18(22-12)23-14-4-5-16(25-3)13(9-14)10-21-15-6-7-20-11-15/h4-5,8-9,15,20-21H,6-7,10-11H2,1-3H3,(H2,19,22,23,24)/t15-/m0/s1. The van der Waals surface area contributed by atoms with Gasteiger partial charge in [0, 0.05) is 49.2 Å². The fourth-order valence-corrected chi connectivity index (χ4v) is 2.96. The van der Waals surface area contributed by atoms with Crippen molar-refractivity contribution in [1.82, 2.24) is 20.6 Å². The van der Waals surface area contributed by atoms with E-state index < -0.39 is 0 Å². The highest BCUT2D eigenvalue weighted by atomic mass is 16.5. The number of anilines is 3. The maximum Gasteiger partial charge on any atom is 0.229 e. The van der Waals surface area contributed by atoms with Gasteiger partial charge in [-0.1, -0.05) is 0 Å². The Labute approximate surface area is 148 Å². The summed E-state index contributed by atoms with van der Waals surface area (Å²) in [6.07, 6.45) is 1.16. The second kappa shape index (κ2) is 8.13. The van der Waals surface area contributed by atoms with E-state index in [-0.39, 0.29) is 0 Å². The predicted molar refractivity (Wildman–Crippen MR) is 101 cm³/mol. The Morgan fingerprint density at radius 2 is 2.16 bits per heavy atom. The number of benzene rings is 1. The van der Waals surface area contributed by atoms with Crippen LogP contribution in [-0.4, -0.2) is 43.3 Å². The van der Waals surface area contributed by atoms with Gasteiger partial charge < -0.3 is 26.0 Å². The highest BCUT2D eigenvalue weighted by Gasteiger charge is 2.14. The molecule has 1 fully saturated rings. The lowest BCUT2D eigenvalue weighted by Gasteiger charge is -2.15. The number of nitrogens with one attached hydrogen (secondary N) is 4. The van der Waals surface area contributed by atoms with Gasteiger partial charge in [0.2, 0.25) is 5.95 Å². The Bertz CT molecular complexity index is 715. The largest absolute Gasteiger partial charge is 0.496 e. The molecule has 0 radical (unpaired) electrons. The Hall–Kier alpha value is -2.38. The van der Waals surface area contributed by atoms with Crippen molar-refractivity contribution >= 4 is 17.5 Å². The smallest absolute Gasteiger partial charge is 0.229 e. The van der Waals surface area contributed by atoms with Crippen LogP contribution in [0.1, 0.15) is 17.7 Å². The van der Waals surface area contributed by atoms with E-state index in [0.717, 1.165) is 54.6 Å². The van der Waals surface area contributed by atoms with Gasteiger partial charge in [0.25, 0.3) is 0 Å². The Balaban J connectivity index is 1.75. The van der Waals surface area contributed by atoms with Gasteiger partial charge in [-0.2, -0.15) is 4.98 Å². The molecule has 1 atom stereocenters. The van der Waals surface area contributed by atoms with E-state index in [1.165, 1.54) is 0 Å². The van der Waals surface area contributed by atoms with Crippen LogP contribution in [0.3, 0.4) is 0 Å². The number of hydrogen-bond donors (Lipinski definition) is 4. The maximum atomic E-state index is 5.50. The summed E-state index contributed by atoms with van der Waals surface area (Å²) >= 11 is 0. The summed E-state index contributed by atoms with van der Waals surface area (Å²) in [6, 6.07) is 8.45. The first kappa shape index (κ1) is 17.4. The summed E-state index contributed by atoms with van der Waals surface area (Å²) in [5, 5.41) is 13.3. The number of ether oxygens (including phenoxy) is 1. The van der Waals surface area contributed by atoms with Crippen molar-refractivity contribution in [2.75, 3.05) is 37.9 Å². The lowest BCUT2D eigenvalue weighted by Crippen LogP contribution is -2.30. The molecule has 4 N–H and O–H groups in total. The molecular weight excluding hydrogens is 316 g/mol. The molecule has 2 heterocycles. The van der Waals surface area contributed by atoms with Gasteiger partial charge in [0.05, 0.1) is 7.11 Å². The van der Waals surface area contributed by atoms with Gasteiger partial charge in [-0.05, 0) is 38.1 Å². The highest BCUT2D eigenvalue weighted by Crippen LogP contribution is 2.25. The van der Waals surface area contributed by atoms with Gasteiger partial charge in [-0.25, -0.2) is 4.98 Å². The van der Waals surface area contributed by atoms with Crippen molar-refractivity contribution < 1.29 is 4.74 Å². The molecule has 1 aliphatic rings. The lowest BCUT2D eigenvalue weighted by atomic mass is 10.1. The van der Waals surface area contributed by atoms with Gasteiger partial charge in [0.1, 0.15) is 11.6 Å². The first-order valence-electron chi connectivity index (χ1n) is 8.59. The van der Waals surface area contributed by atoms with Crippen molar-refractivity contribution in [3.8, 4) is 5.75 Å². The van der Waals surface area contributed by atoms with E-state index in [4.69, 9.17) is 4.74 Å².